The van der Waals surface area contributed by atoms with Crippen LogP contribution in [-0.4, -0.2) is 16.1 Å². The fourth-order valence-corrected chi connectivity index (χ4v) is 6.98. The third-order valence-electron chi connectivity index (χ3n) is 8.68. The average molecular weight is 475 g/mol. The van der Waals surface area contributed by atoms with Gasteiger partial charge in [-0.3, -0.25) is 0 Å². The lowest BCUT2D eigenvalue weighted by Crippen LogP contribution is -2.56. The molecule has 182 valence electrons. The van der Waals surface area contributed by atoms with Crippen LogP contribution in [-0.2, 0) is 5.41 Å². The lowest BCUT2D eigenvalue weighted by molar-refractivity contribution is 0.194. The summed E-state index contributed by atoms with van der Waals surface area (Å²) in [6, 6.07) is 26.5. The minimum atomic E-state index is 0.102. The van der Waals surface area contributed by atoms with Gasteiger partial charge in [-0.15, -0.1) is 0 Å². The van der Waals surface area contributed by atoms with E-state index < -0.39 is 0 Å². The molecule has 1 aromatic heterocycles. The maximum atomic E-state index is 4.93. The molecule has 2 aliphatic heterocycles. The van der Waals surface area contributed by atoms with Crippen molar-refractivity contribution in [3.8, 4) is 11.1 Å². The molecule has 2 unspecified atom stereocenters. The number of aromatic nitrogens is 2. The van der Waals surface area contributed by atoms with E-state index >= 15 is 0 Å². The van der Waals surface area contributed by atoms with Gasteiger partial charge in [-0.1, -0.05) is 75.4 Å². The number of aryl methyl sites for hydroxylation is 1. The largest absolute Gasteiger partial charge is 0.301 e. The predicted octanol–water partition coefficient (Wildman–Crippen LogP) is 8.17. The van der Waals surface area contributed by atoms with Crippen molar-refractivity contribution >= 4 is 23.0 Å². The number of fused-ring (bicyclic) bond motifs is 5. The molecule has 3 aromatic carbocycles. The number of hydrogen-bond donors (Lipinski definition) is 0. The molecule has 4 heteroatoms. The Kier molecular flexibility index (Phi) is 5.55. The Bertz CT molecular complexity index is 1390. The fraction of sp³-hybridized carbons (Fsp3) is 0.312. The summed E-state index contributed by atoms with van der Waals surface area (Å²) in [7, 11) is 0. The predicted molar refractivity (Wildman–Crippen MR) is 149 cm³/mol. The summed E-state index contributed by atoms with van der Waals surface area (Å²) >= 11 is 0. The third-order valence-corrected chi connectivity index (χ3v) is 8.68. The van der Waals surface area contributed by atoms with E-state index in [1.807, 2.05) is 12.4 Å². The molecule has 0 radical (unpaired) electrons. The average Bonchev–Trinajstić information content (AvgIpc) is 3.27. The molecule has 3 heterocycles. The van der Waals surface area contributed by atoms with E-state index in [-0.39, 0.29) is 11.6 Å². The molecule has 0 N–H and O–H groups in total. The van der Waals surface area contributed by atoms with Crippen LogP contribution in [0.2, 0.25) is 0 Å². The third kappa shape index (κ3) is 3.13. The Hall–Kier alpha value is -3.66. The molecule has 0 spiro atoms. The maximum Gasteiger partial charge on any atom is 0.178 e. The summed E-state index contributed by atoms with van der Waals surface area (Å²) in [6.07, 6.45) is 7.10. The van der Waals surface area contributed by atoms with Crippen LogP contribution in [0, 0.1) is 12.8 Å². The van der Waals surface area contributed by atoms with E-state index in [2.05, 4.69) is 110 Å². The zero-order valence-corrected chi connectivity index (χ0v) is 21.6. The van der Waals surface area contributed by atoms with E-state index in [0.717, 1.165) is 30.9 Å². The molecule has 0 amide bonds. The van der Waals surface area contributed by atoms with E-state index in [9.17, 15) is 0 Å². The summed E-state index contributed by atoms with van der Waals surface area (Å²) in [5, 5.41) is 0. The van der Waals surface area contributed by atoms with Crippen molar-refractivity contribution in [1.29, 1.82) is 0 Å². The molecular weight excluding hydrogens is 440 g/mol. The molecular formula is C32H34N4. The van der Waals surface area contributed by atoms with Crippen LogP contribution < -0.4 is 9.80 Å². The zero-order chi connectivity index (χ0) is 24.9. The second-order valence-electron chi connectivity index (χ2n) is 10.1. The summed E-state index contributed by atoms with van der Waals surface area (Å²) in [5.41, 5.74) is 7.77. The number of anilines is 4. The fourth-order valence-electron chi connectivity index (χ4n) is 6.98. The van der Waals surface area contributed by atoms with Crippen LogP contribution in [0.3, 0.4) is 0 Å². The molecule has 0 bridgehead atoms. The van der Waals surface area contributed by atoms with E-state index in [4.69, 9.17) is 9.97 Å². The van der Waals surface area contributed by atoms with E-state index in [0.29, 0.717) is 5.92 Å². The SMILES string of the molecule is CCC1C2N(c3ccc(-c4ccccc4)cc3C)c3nccnc3N2c2ccccc2C1(CC)CC. The normalized spacial score (nSPS) is 19.6. The molecule has 0 saturated carbocycles. The first kappa shape index (κ1) is 22.8. The Labute approximate surface area is 214 Å². The quantitative estimate of drug-likeness (QED) is 0.292. The molecule has 36 heavy (non-hydrogen) atoms. The summed E-state index contributed by atoms with van der Waals surface area (Å²) in [5.74, 6) is 2.33. The van der Waals surface area contributed by atoms with Gasteiger partial charge in [0.1, 0.15) is 6.17 Å². The lowest BCUT2D eigenvalue weighted by atomic mass is 9.61. The minimum absolute atomic E-state index is 0.102. The summed E-state index contributed by atoms with van der Waals surface area (Å²) < 4.78 is 0. The lowest BCUT2D eigenvalue weighted by Gasteiger charge is -2.53. The van der Waals surface area contributed by atoms with Crippen molar-refractivity contribution in [2.75, 3.05) is 9.80 Å². The zero-order valence-electron chi connectivity index (χ0n) is 21.6. The highest BCUT2D eigenvalue weighted by atomic mass is 15.5. The van der Waals surface area contributed by atoms with Gasteiger partial charge in [0.2, 0.25) is 0 Å². The second-order valence-corrected chi connectivity index (χ2v) is 10.1. The van der Waals surface area contributed by atoms with E-state index in [1.165, 1.54) is 33.6 Å². The van der Waals surface area contributed by atoms with Crippen LogP contribution in [0.15, 0.2) is 85.2 Å². The Morgan fingerprint density at radius 2 is 1.36 bits per heavy atom. The van der Waals surface area contributed by atoms with E-state index in [1.54, 1.807) is 0 Å². The summed E-state index contributed by atoms with van der Waals surface area (Å²) in [6.45, 7) is 9.30. The monoisotopic (exact) mass is 474 g/mol. The smallest absolute Gasteiger partial charge is 0.178 e. The highest BCUT2D eigenvalue weighted by Crippen LogP contribution is 2.59. The van der Waals surface area contributed by atoms with Crippen molar-refractivity contribution in [3.63, 3.8) is 0 Å². The molecule has 0 aliphatic carbocycles. The first-order chi connectivity index (χ1) is 17.6. The van der Waals surface area contributed by atoms with Crippen molar-refractivity contribution in [2.45, 2.75) is 58.5 Å². The van der Waals surface area contributed by atoms with Gasteiger partial charge < -0.3 is 9.80 Å². The van der Waals surface area contributed by atoms with Crippen molar-refractivity contribution in [3.05, 3.63) is 96.3 Å². The van der Waals surface area contributed by atoms with Crippen molar-refractivity contribution in [1.82, 2.24) is 9.97 Å². The highest BCUT2D eigenvalue weighted by molar-refractivity contribution is 5.87. The first-order valence-electron chi connectivity index (χ1n) is 13.3. The number of rotatable bonds is 5. The number of nitrogens with zero attached hydrogens (tertiary/aromatic N) is 4. The molecule has 4 aromatic rings. The van der Waals surface area contributed by atoms with Crippen LogP contribution in [0.1, 0.15) is 51.2 Å². The molecule has 0 saturated heterocycles. The highest BCUT2D eigenvalue weighted by Gasteiger charge is 2.55. The minimum Gasteiger partial charge on any atom is -0.301 e. The Morgan fingerprint density at radius 1 is 0.722 bits per heavy atom. The number of para-hydroxylation sites is 1. The van der Waals surface area contributed by atoms with Gasteiger partial charge in [-0.25, -0.2) is 9.97 Å². The van der Waals surface area contributed by atoms with Gasteiger partial charge in [0.15, 0.2) is 11.6 Å². The van der Waals surface area contributed by atoms with Crippen molar-refractivity contribution < 1.29 is 0 Å². The second kappa shape index (κ2) is 8.77. The summed E-state index contributed by atoms with van der Waals surface area (Å²) in [4.78, 5) is 14.8. The van der Waals surface area contributed by atoms with Gasteiger partial charge in [-0.05, 0) is 66.6 Å². The maximum absolute atomic E-state index is 4.93. The molecule has 2 aliphatic rings. The van der Waals surface area contributed by atoms with Gasteiger partial charge in [0.25, 0.3) is 0 Å². The topological polar surface area (TPSA) is 32.3 Å². The van der Waals surface area contributed by atoms with Gasteiger partial charge >= 0.3 is 0 Å². The van der Waals surface area contributed by atoms with Crippen LogP contribution >= 0.6 is 0 Å². The standard InChI is InChI=1S/C32H34N4/c1-5-25-31-35(27-18-17-24(21-22(27)4)23-13-9-8-10-14-23)29-30(34-20-19-33-29)36(31)28-16-12-11-15-26(28)32(25,6-2)7-3/h8-21,25,31H,5-7H2,1-4H3. The van der Waals surface area contributed by atoms with Crippen LogP contribution in [0.5, 0.6) is 0 Å². The molecule has 4 nitrogen and oxygen atoms in total. The van der Waals surface area contributed by atoms with Gasteiger partial charge in [0.05, 0.1) is 0 Å². The number of benzene rings is 3. The molecule has 6 rings (SSSR count). The Balaban J connectivity index is 1.57. The van der Waals surface area contributed by atoms with Crippen molar-refractivity contribution in [2.24, 2.45) is 5.92 Å². The van der Waals surface area contributed by atoms with Gasteiger partial charge in [-0.2, -0.15) is 0 Å². The van der Waals surface area contributed by atoms with Crippen LogP contribution in [0.25, 0.3) is 11.1 Å². The Morgan fingerprint density at radius 3 is 2.00 bits per heavy atom. The molecule has 2 atom stereocenters. The van der Waals surface area contributed by atoms with Gasteiger partial charge in [0, 0.05) is 35.1 Å². The first-order valence-corrected chi connectivity index (χ1v) is 13.3. The molecule has 0 fully saturated rings. The number of hydrogen-bond acceptors (Lipinski definition) is 4. The van der Waals surface area contributed by atoms with Crippen LogP contribution in [0.4, 0.5) is 23.0 Å².